The van der Waals surface area contributed by atoms with Crippen LogP contribution < -0.4 is 0 Å². The number of rotatable bonds is 5. The van der Waals surface area contributed by atoms with Gasteiger partial charge in [0, 0.05) is 12.1 Å². The van der Waals surface area contributed by atoms with Crippen molar-refractivity contribution in [2.45, 2.75) is 25.8 Å². The quantitative estimate of drug-likeness (QED) is 0.596. The molecule has 1 heterocycles. The number of azo groups is 1. The van der Waals surface area contributed by atoms with Crippen LogP contribution in [0.2, 0.25) is 0 Å². The van der Waals surface area contributed by atoms with E-state index < -0.39 is 6.04 Å². The van der Waals surface area contributed by atoms with Gasteiger partial charge in [0.1, 0.15) is 6.04 Å². The first-order valence-corrected chi connectivity index (χ1v) is 8.73. The Morgan fingerprint density at radius 1 is 1.04 bits per heavy atom. The minimum absolute atomic E-state index is 0.160. The number of amides is 1. The van der Waals surface area contributed by atoms with Gasteiger partial charge < -0.3 is 9.64 Å². The minimum atomic E-state index is -0.486. The number of benzene rings is 2. The second-order valence-electron chi connectivity index (χ2n) is 5.99. The summed E-state index contributed by atoms with van der Waals surface area (Å²) < 4.78 is 5.07. The summed E-state index contributed by atoms with van der Waals surface area (Å²) >= 11 is 0. The maximum Gasteiger partial charge on any atom is 0.328 e. The molecule has 134 valence electrons. The average molecular weight is 351 g/mol. The number of carbonyl (C=O) groups excluding carboxylic acids is 2. The van der Waals surface area contributed by atoms with E-state index in [1.165, 1.54) is 0 Å². The van der Waals surface area contributed by atoms with Crippen LogP contribution in [0.25, 0.3) is 0 Å². The molecule has 0 aromatic heterocycles. The molecule has 1 atom stereocenters. The van der Waals surface area contributed by atoms with Gasteiger partial charge in [0.2, 0.25) is 0 Å². The Bertz CT molecular complexity index is 788. The molecule has 0 spiro atoms. The van der Waals surface area contributed by atoms with Gasteiger partial charge in [-0.3, -0.25) is 4.79 Å². The zero-order valence-corrected chi connectivity index (χ0v) is 14.7. The molecule has 3 rings (SSSR count). The SMILES string of the molecule is CCOC(=O)C1CCCN1C(=O)c1ccc(N=Nc2ccccc2)cc1. The highest BCUT2D eigenvalue weighted by Gasteiger charge is 2.35. The summed E-state index contributed by atoms with van der Waals surface area (Å²) in [6.07, 6.45) is 1.45. The maximum atomic E-state index is 12.7. The van der Waals surface area contributed by atoms with Crippen molar-refractivity contribution in [3.8, 4) is 0 Å². The second-order valence-corrected chi connectivity index (χ2v) is 5.99. The summed E-state index contributed by atoms with van der Waals surface area (Å²) in [6.45, 7) is 2.65. The molecule has 0 N–H and O–H groups in total. The van der Waals surface area contributed by atoms with Crippen LogP contribution in [-0.2, 0) is 9.53 Å². The summed E-state index contributed by atoms with van der Waals surface area (Å²) in [5.41, 5.74) is 1.95. The van der Waals surface area contributed by atoms with Gasteiger partial charge in [-0.2, -0.15) is 10.2 Å². The average Bonchev–Trinajstić information content (AvgIpc) is 3.17. The summed E-state index contributed by atoms with van der Waals surface area (Å²) in [5.74, 6) is -0.487. The molecule has 26 heavy (non-hydrogen) atoms. The van der Waals surface area contributed by atoms with Crippen LogP contribution in [0.4, 0.5) is 11.4 Å². The Kier molecular flexibility index (Phi) is 5.73. The van der Waals surface area contributed by atoms with E-state index in [0.717, 1.165) is 12.1 Å². The van der Waals surface area contributed by atoms with Gasteiger partial charge in [0.05, 0.1) is 18.0 Å². The molecule has 6 nitrogen and oxygen atoms in total. The van der Waals surface area contributed by atoms with Crippen LogP contribution in [0.1, 0.15) is 30.1 Å². The van der Waals surface area contributed by atoms with Crippen molar-refractivity contribution in [2.75, 3.05) is 13.2 Å². The molecule has 1 fully saturated rings. The van der Waals surface area contributed by atoms with Gasteiger partial charge in [-0.15, -0.1) is 0 Å². The van der Waals surface area contributed by atoms with E-state index in [-0.39, 0.29) is 11.9 Å². The van der Waals surface area contributed by atoms with E-state index >= 15 is 0 Å². The van der Waals surface area contributed by atoms with Crippen LogP contribution in [-0.4, -0.2) is 36.0 Å². The minimum Gasteiger partial charge on any atom is -0.464 e. The van der Waals surface area contributed by atoms with Crippen LogP contribution in [0, 0.1) is 0 Å². The molecule has 0 saturated carbocycles. The molecule has 2 aromatic carbocycles. The molecule has 1 aliphatic heterocycles. The summed E-state index contributed by atoms with van der Waals surface area (Å²) in [6, 6.07) is 15.9. The van der Waals surface area contributed by atoms with Crippen LogP contribution >= 0.6 is 0 Å². The van der Waals surface area contributed by atoms with Gasteiger partial charge in [0.15, 0.2) is 0 Å². The number of hydrogen-bond acceptors (Lipinski definition) is 5. The molecular weight excluding hydrogens is 330 g/mol. The van der Waals surface area contributed by atoms with Crippen molar-refractivity contribution in [1.29, 1.82) is 0 Å². The first-order chi connectivity index (χ1) is 12.7. The molecule has 0 bridgehead atoms. The number of esters is 1. The smallest absolute Gasteiger partial charge is 0.328 e. The lowest BCUT2D eigenvalue weighted by molar-refractivity contribution is -0.147. The van der Waals surface area contributed by atoms with Crippen molar-refractivity contribution in [1.82, 2.24) is 4.90 Å². The van der Waals surface area contributed by atoms with Gasteiger partial charge >= 0.3 is 5.97 Å². The lowest BCUT2D eigenvalue weighted by Gasteiger charge is -2.23. The van der Waals surface area contributed by atoms with E-state index in [1.54, 1.807) is 36.1 Å². The highest BCUT2D eigenvalue weighted by atomic mass is 16.5. The first-order valence-electron chi connectivity index (χ1n) is 8.73. The third kappa shape index (κ3) is 4.14. The highest BCUT2D eigenvalue weighted by Crippen LogP contribution is 2.23. The third-order valence-electron chi connectivity index (χ3n) is 4.22. The topological polar surface area (TPSA) is 71.3 Å². The zero-order valence-electron chi connectivity index (χ0n) is 14.7. The van der Waals surface area contributed by atoms with E-state index in [1.807, 2.05) is 30.3 Å². The largest absolute Gasteiger partial charge is 0.464 e. The lowest BCUT2D eigenvalue weighted by atomic mass is 10.1. The molecule has 0 aliphatic carbocycles. The molecule has 0 radical (unpaired) electrons. The number of likely N-dealkylation sites (tertiary alicyclic amines) is 1. The fourth-order valence-electron chi connectivity index (χ4n) is 2.94. The van der Waals surface area contributed by atoms with Crippen LogP contribution in [0.15, 0.2) is 64.8 Å². The standard InChI is InChI=1S/C20H21N3O3/c1-2-26-20(25)18-9-6-14-23(18)19(24)15-10-12-17(13-11-15)22-21-16-7-4-3-5-8-16/h3-5,7-8,10-13,18H,2,6,9,14H2,1H3. The molecule has 1 amide bonds. The summed E-state index contributed by atoms with van der Waals surface area (Å²) in [7, 11) is 0. The Morgan fingerprint density at radius 3 is 2.35 bits per heavy atom. The predicted molar refractivity (Wildman–Crippen MR) is 97.8 cm³/mol. The Labute approximate surface area is 152 Å². The number of hydrogen-bond donors (Lipinski definition) is 0. The van der Waals surface area contributed by atoms with Gasteiger partial charge in [-0.05, 0) is 56.2 Å². The normalized spacial score (nSPS) is 16.8. The molecule has 1 unspecified atom stereocenters. The van der Waals surface area contributed by atoms with E-state index in [9.17, 15) is 9.59 Å². The van der Waals surface area contributed by atoms with Crippen molar-refractivity contribution in [2.24, 2.45) is 10.2 Å². The van der Waals surface area contributed by atoms with Crippen molar-refractivity contribution in [3.05, 3.63) is 60.2 Å². The van der Waals surface area contributed by atoms with Gasteiger partial charge in [-0.25, -0.2) is 4.79 Å². The van der Waals surface area contributed by atoms with Gasteiger partial charge in [-0.1, -0.05) is 18.2 Å². The molecule has 1 aliphatic rings. The Balaban J connectivity index is 1.69. The Morgan fingerprint density at radius 2 is 1.69 bits per heavy atom. The molecule has 1 saturated heterocycles. The van der Waals surface area contributed by atoms with E-state index in [2.05, 4.69) is 10.2 Å². The van der Waals surface area contributed by atoms with Crippen molar-refractivity contribution in [3.63, 3.8) is 0 Å². The number of nitrogens with zero attached hydrogens (tertiary/aromatic N) is 3. The zero-order chi connectivity index (χ0) is 18.4. The van der Waals surface area contributed by atoms with Crippen molar-refractivity contribution < 1.29 is 14.3 Å². The monoisotopic (exact) mass is 351 g/mol. The maximum absolute atomic E-state index is 12.7. The number of ether oxygens (including phenoxy) is 1. The fraction of sp³-hybridized carbons (Fsp3) is 0.300. The predicted octanol–water partition coefficient (Wildman–Crippen LogP) is 4.27. The highest BCUT2D eigenvalue weighted by molar-refractivity contribution is 5.97. The van der Waals surface area contributed by atoms with Crippen molar-refractivity contribution >= 4 is 23.3 Å². The third-order valence-corrected chi connectivity index (χ3v) is 4.22. The van der Waals surface area contributed by atoms with E-state index in [4.69, 9.17) is 4.74 Å². The second kappa shape index (κ2) is 8.38. The summed E-state index contributed by atoms with van der Waals surface area (Å²) in [4.78, 5) is 26.3. The Hall–Kier alpha value is -3.02. The molecule has 6 heteroatoms. The van der Waals surface area contributed by atoms with E-state index in [0.29, 0.717) is 30.8 Å². The summed E-state index contributed by atoms with van der Waals surface area (Å²) in [5, 5.41) is 8.32. The molecule has 2 aromatic rings. The lowest BCUT2D eigenvalue weighted by Crippen LogP contribution is -2.41. The van der Waals surface area contributed by atoms with Crippen LogP contribution in [0.5, 0.6) is 0 Å². The fourth-order valence-corrected chi connectivity index (χ4v) is 2.94. The molecular formula is C20H21N3O3. The van der Waals surface area contributed by atoms with Crippen LogP contribution in [0.3, 0.4) is 0 Å². The first kappa shape index (κ1) is 17.8. The van der Waals surface area contributed by atoms with Gasteiger partial charge in [0.25, 0.3) is 5.91 Å². The number of carbonyl (C=O) groups is 2.